The largest absolute Gasteiger partial charge is 0.492 e. The molecule has 6 nitrogen and oxygen atoms in total. The van der Waals surface area contributed by atoms with Crippen molar-refractivity contribution in [1.82, 2.24) is 9.55 Å². The highest BCUT2D eigenvalue weighted by Crippen LogP contribution is 2.37. The molecule has 0 bridgehead atoms. The van der Waals surface area contributed by atoms with Crippen LogP contribution in [0.3, 0.4) is 0 Å². The van der Waals surface area contributed by atoms with E-state index in [1.165, 1.54) is 0 Å². The van der Waals surface area contributed by atoms with E-state index in [2.05, 4.69) is 10.6 Å². The topological polar surface area (TPSA) is 56.6 Å². The van der Waals surface area contributed by atoms with E-state index in [4.69, 9.17) is 14.5 Å². The lowest BCUT2D eigenvalue weighted by Gasteiger charge is -2.20. The van der Waals surface area contributed by atoms with Crippen LogP contribution in [-0.4, -0.2) is 35.2 Å². The molecule has 6 heteroatoms. The van der Waals surface area contributed by atoms with Crippen molar-refractivity contribution >= 4 is 22.6 Å². The van der Waals surface area contributed by atoms with E-state index in [0.717, 1.165) is 34.0 Å². The van der Waals surface area contributed by atoms with Crippen molar-refractivity contribution in [2.75, 3.05) is 24.7 Å². The molecule has 1 fully saturated rings. The number of fused-ring (bicyclic) bond motifs is 1. The molecule has 5 rings (SSSR count). The van der Waals surface area contributed by atoms with Gasteiger partial charge in [0.25, 0.3) is 0 Å². The van der Waals surface area contributed by atoms with Crippen LogP contribution >= 0.6 is 0 Å². The summed E-state index contributed by atoms with van der Waals surface area (Å²) in [6.07, 6.45) is 0.420. The van der Waals surface area contributed by atoms with Crippen LogP contribution in [0.4, 0.5) is 5.69 Å². The molecule has 168 valence electrons. The van der Waals surface area contributed by atoms with E-state index in [-0.39, 0.29) is 11.8 Å². The number of nitrogens with zero attached hydrogens (tertiary/aromatic N) is 3. The van der Waals surface area contributed by atoms with Crippen molar-refractivity contribution < 1.29 is 14.3 Å². The summed E-state index contributed by atoms with van der Waals surface area (Å²) in [6.45, 7) is 4.26. The summed E-state index contributed by atoms with van der Waals surface area (Å²) in [5.41, 5.74) is 2.82. The van der Waals surface area contributed by atoms with Gasteiger partial charge in [-0.25, -0.2) is 4.98 Å². The van der Waals surface area contributed by atoms with Crippen LogP contribution < -0.4 is 14.4 Å². The van der Waals surface area contributed by atoms with Gasteiger partial charge in [0.05, 0.1) is 29.9 Å². The van der Waals surface area contributed by atoms with Gasteiger partial charge >= 0.3 is 0 Å². The Morgan fingerprint density at radius 2 is 1.70 bits per heavy atom. The molecule has 1 atom stereocenters. The Morgan fingerprint density at radius 1 is 0.939 bits per heavy atom. The van der Waals surface area contributed by atoms with Crippen molar-refractivity contribution in [3.05, 3.63) is 84.7 Å². The maximum absolute atomic E-state index is 13.0. The molecule has 0 N–H and O–H groups in total. The van der Waals surface area contributed by atoms with Gasteiger partial charge in [0.15, 0.2) is 0 Å². The van der Waals surface area contributed by atoms with Crippen LogP contribution in [0.5, 0.6) is 11.5 Å². The fraction of sp³-hybridized carbons (Fsp3) is 0.259. The quantitative estimate of drug-likeness (QED) is 0.385. The van der Waals surface area contributed by atoms with Crippen LogP contribution in [0.15, 0.2) is 78.9 Å². The molecule has 1 aromatic heterocycles. The summed E-state index contributed by atoms with van der Waals surface area (Å²) in [4.78, 5) is 19.8. The lowest BCUT2D eigenvalue weighted by atomic mass is 10.1. The minimum Gasteiger partial charge on any atom is -0.492 e. The predicted octanol–water partition coefficient (Wildman–Crippen LogP) is 5.03. The summed E-state index contributed by atoms with van der Waals surface area (Å²) < 4.78 is 13.9. The van der Waals surface area contributed by atoms with Gasteiger partial charge in [0.1, 0.15) is 23.9 Å². The van der Waals surface area contributed by atoms with E-state index in [9.17, 15) is 4.79 Å². The highest BCUT2D eigenvalue weighted by Gasteiger charge is 2.36. The van der Waals surface area contributed by atoms with Gasteiger partial charge in [-0.15, -0.1) is 0 Å². The monoisotopic (exact) mass is 441 g/mol. The van der Waals surface area contributed by atoms with Gasteiger partial charge in [-0.1, -0.05) is 42.5 Å². The number of anilines is 1. The molecular weight excluding hydrogens is 414 g/mol. The minimum atomic E-state index is -0.00342. The lowest BCUT2D eigenvalue weighted by molar-refractivity contribution is -0.117. The van der Waals surface area contributed by atoms with Crippen molar-refractivity contribution in [2.24, 2.45) is 0 Å². The Balaban J connectivity index is 1.41. The van der Waals surface area contributed by atoms with Gasteiger partial charge in [0, 0.05) is 18.9 Å². The van der Waals surface area contributed by atoms with Crippen LogP contribution in [0.2, 0.25) is 0 Å². The number of para-hydroxylation sites is 5. The molecule has 0 aliphatic carbocycles. The summed E-state index contributed by atoms with van der Waals surface area (Å²) in [6, 6.07) is 25.7. The van der Waals surface area contributed by atoms with Gasteiger partial charge in [-0.05, 0) is 43.3 Å². The van der Waals surface area contributed by atoms with Crippen molar-refractivity contribution in [2.45, 2.75) is 25.8 Å². The Labute approximate surface area is 193 Å². The number of imidazole rings is 1. The standard InChI is InChI=1S/C27H27N3O3/c1-2-32-25-15-9-8-14-24(25)30-19-20(18-26(30)31)27-28-22-12-6-7-13-23(22)29(27)16-17-33-21-10-4-3-5-11-21/h3-15,20H,2,16-19H2,1H3/t20-/m1/s1. The maximum Gasteiger partial charge on any atom is 0.227 e. The highest BCUT2D eigenvalue weighted by atomic mass is 16.5. The average Bonchev–Trinajstić information content (AvgIpc) is 3.41. The zero-order valence-electron chi connectivity index (χ0n) is 18.7. The number of benzene rings is 3. The molecule has 1 aliphatic rings. The van der Waals surface area contributed by atoms with E-state index in [1.54, 1.807) is 0 Å². The van der Waals surface area contributed by atoms with Crippen LogP contribution in [0.1, 0.15) is 25.1 Å². The molecule has 1 amide bonds. The van der Waals surface area contributed by atoms with E-state index in [0.29, 0.717) is 32.7 Å². The number of aromatic nitrogens is 2. The molecule has 2 heterocycles. The van der Waals surface area contributed by atoms with Gasteiger partial charge in [0.2, 0.25) is 5.91 Å². The van der Waals surface area contributed by atoms with Crippen LogP contribution in [0.25, 0.3) is 11.0 Å². The average molecular weight is 442 g/mol. The lowest BCUT2D eigenvalue weighted by Crippen LogP contribution is -2.25. The summed E-state index contributed by atoms with van der Waals surface area (Å²) in [7, 11) is 0. The highest BCUT2D eigenvalue weighted by molar-refractivity contribution is 5.97. The smallest absolute Gasteiger partial charge is 0.227 e. The predicted molar refractivity (Wildman–Crippen MR) is 129 cm³/mol. The number of amides is 1. The first-order valence-corrected chi connectivity index (χ1v) is 11.4. The molecule has 0 saturated carbocycles. The van der Waals surface area contributed by atoms with E-state index in [1.807, 2.05) is 84.6 Å². The Kier molecular flexibility index (Phi) is 5.98. The van der Waals surface area contributed by atoms with Crippen molar-refractivity contribution in [3.8, 4) is 11.5 Å². The Morgan fingerprint density at radius 3 is 2.55 bits per heavy atom. The molecule has 3 aromatic carbocycles. The summed E-state index contributed by atoms with van der Waals surface area (Å²) in [5.74, 6) is 2.59. The zero-order valence-corrected chi connectivity index (χ0v) is 18.7. The fourth-order valence-corrected chi connectivity index (χ4v) is 4.48. The summed E-state index contributed by atoms with van der Waals surface area (Å²) in [5, 5.41) is 0. The molecule has 0 spiro atoms. The third-order valence-electron chi connectivity index (χ3n) is 5.96. The molecule has 1 aliphatic heterocycles. The number of hydrogen-bond donors (Lipinski definition) is 0. The molecular formula is C27H27N3O3. The zero-order chi connectivity index (χ0) is 22.6. The second-order valence-corrected chi connectivity index (χ2v) is 8.08. The first kappa shape index (κ1) is 21.1. The normalized spacial score (nSPS) is 15.8. The SMILES string of the molecule is CCOc1ccccc1N1C[C@H](c2nc3ccccc3n2CCOc2ccccc2)CC1=O. The van der Waals surface area contributed by atoms with E-state index < -0.39 is 0 Å². The molecule has 0 radical (unpaired) electrons. The first-order chi connectivity index (χ1) is 16.2. The minimum absolute atomic E-state index is 0.00342. The fourth-order valence-electron chi connectivity index (χ4n) is 4.48. The van der Waals surface area contributed by atoms with Crippen molar-refractivity contribution in [1.29, 1.82) is 0 Å². The second-order valence-electron chi connectivity index (χ2n) is 8.08. The van der Waals surface area contributed by atoms with Crippen LogP contribution in [-0.2, 0) is 11.3 Å². The third kappa shape index (κ3) is 4.29. The Hall–Kier alpha value is -3.80. The number of carbonyl (C=O) groups excluding carboxylic acids is 1. The molecule has 4 aromatic rings. The molecule has 0 unspecified atom stereocenters. The summed E-state index contributed by atoms with van der Waals surface area (Å²) >= 11 is 0. The van der Waals surface area contributed by atoms with Gasteiger partial charge < -0.3 is 18.9 Å². The number of hydrogen-bond acceptors (Lipinski definition) is 4. The van der Waals surface area contributed by atoms with E-state index >= 15 is 0 Å². The van der Waals surface area contributed by atoms with Gasteiger partial charge in [-0.2, -0.15) is 0 Å². The second kappa shape index (κ2) is 9.36. The van der Waals surface area contributed by atoms with Gasteiger partial charge in [-0.3, -0.25) is 4.79 Å². The number of ether oxygens (including phenoxy) is 2. The first-order valence-electron chi connectivity index (χ1n) is 11.4. The number of carbonyl (C=O) groups is 1. The molecule has 1 saturated heterocycles. The third-order valence-corrected chi connectivity index (χ3v) is 5.96. The van der Waals surface area contributed by atoms with Crippen molar-refractivity contribution in [3.63, 3.8) is 0 Å². The van der Waals surface area contributed by atoms with Crippen LogP contribution in [0, 0.1) is 0 Å². The number of rotatable bonds is 8. The Bertz CT molecular complexity index is 1250. The maximum atomic E-state index is 13.0. The molecule has 33 heavy (non-hydrogen) atoms.